The van der Waals surface area contributed by atoms with E-state index in [9.17, 15) is 4.79 Å². The van der Waals surface area contributed by atoms with Crippen molar-refractivity contribution in [2.24, 2.45) is 0 Å². The van der Waals surface area contributed by atoms with Gasteiger partial charge in [-0.1, -0.05) is 24.2 Å². The van der Waals surface area contributed by atoms with Gasteiger partial charge in [0.15, 0.2) is 5.76 Å². The van der Waals surface area contributed by atoms with E-state index >= 15 is 0 Å². The molecule has 1 aliphatic rings. The van der Waals surface area contributed by atoms with E-state index in [1.807, 2.05) is 17.9 Å². The zero-order valence-electron chi connectivity index (χ0n) is 14.1. The number of nitrogens with one attached hydrogen (secondary N) is 1. The van der Waals surface area contributed by atoms with E-state index in [0.717, 1.165) is 30.5 Å². The third-order valence-electron chi connectivity index (χ3n) is 4.14. The summed E-state index contributed by atoms with van der Waals surface area (Å²) in [6.45, 7) is 3.04. The Morgan fingerprint density at radius 1 is 1.38 bits per heavy atom. The Balaban J connectivity index is 1.58. The molecule has 6 heteroatoms. The molecule has 1 heterocycles. The summed E-state index contributed by atoms with van der Waals surface area (Å²) < 4.78 is 5.22. The molecule has 0 spiro atoms. The Bertz CT molecular complexity index is 680. The first-order chi connectivity index (χ1) is 11.7. The summed E-state index contributed by atoms with van der Waals surface area (Å²) in [5.41, 5.74) is 2.06. The topological polar surface area (TPSA) is 58.4 Å². The van der Waals surface area contributed by atoms with Gasteiger partial charge in [0.05, 0.1) is 12.2 Å². The number of aromatic nitrogens is 1. The van der Waals surface area contributed by atoms with Crippen LogP contribution in [0.3, 0.4) is 0 Å². The van der Waals surface area contributed by atoms with Crippen molar-refractivity contribution in [3.8, 4) is 0 Å². The van der Waals surface area contributed by atoms with Crippen LogP contribution in [0.15, 0.2) is 39.8 Å². The van der Waals surface area contributed by atoms with Crippen LogP contribution < -0.4 is 5.32 Å². The number of carbonyl (C=O) groups excluding carboxylic acids is 1. The van der Waals surface area contributed by atoms with Crippen LogP contribution in [0.4, 0.5) is 4.79 Å². The van der Waals surface area contributed by atoms with Gasteiger partial charge in [0.1, 0.15) is 0 Å². The van der Waals surface area contributed by atoms with Gasteiger partial charge in [-0.15, -0.1) is 11.8 Å². The van der Waals surface area contributed by atoms with E-state index in [4.69, 9.17) is 4.52 Å². The van der Waals surface area contributed by atoms with Gasteiger partial charge >= 0.3 is 6.03 Å². The number of benzene rings is 1. The number of urea groups is 1. The number of thioether (sulfide) groups is 1. The fourth-order valence-electron chi connectivity index (χ4n) is 2.55. The van der Waals surface area contributed by atoms with Gasteiger partial charge < -0.3 is 14.7 Å². The van der Waals surface area contributed by atoms with Crippen LogP contribution >= 0.6 is 11.8 Å². The summed E-state index contributed by atoms with van der Waals surface area (Å²) >= 11 is 1.72. The lowest BCUT2D eigenvalue weighted by Gasteiger charge is -2.22. The van der Waals surface area contributed by atoms with Crippen LogP contribution in [0.1, 0.15) is 36.8 Å². The van der Waals surface area contributed by atoms with Crippen molar-refractivity contribution in [1.29, 1.82) is 0 Å². The third-order valence-corrected chi connectivity index (χ3v) is 4.89. The second-order valence-corrected chi connectivity index (χ2v) is 6.88. The van der Waals surface area contributed by atoms with Crippen molar-refractivity contribution in [3.05, 3.63) is 47.3 Å². The van der Waals surface area contributed by atoms with Crippen LogP contribution in [0.2, 0.25) is 0 Å². The number of rotatable bonds is 7. The molecule has 1 aliphatic carbocycles. The molecule has 1 fully saturated rings. The fraction of sp³-hybridized carbons (Fsp3) is 0.444. The Labute approximate surface area is 146 Å². The summed E-state index contributed by atoms with van der Waals surface area (Å²) in [4.78, 5) is 15.7. The van der Waals surface area contributed by atoms with Crippen molar-refractivity contribution >= 4 is 17.8 Å². The maximum Gasteiger partial charge on any atom is 0.318 e. The van der Waals surface area contributed by atoms with Crippen LogP contribution in [0.25, 0.3) is 0 Å². The van der Waals surface area contributed by atoms with E-state index < -0.39 is 0 Å². The van der Waals surface area contributed by atoms with Crippen LogP contribution in [0.5, 0.6) is 0 Å². The van der Waals surface area contributed by atoms with Crippen molar-refractivity contribution in [3.63, 3.8) is 0 Å². The average molecular weight is 345 g/mol. The molecule has 24 heavy (non-hydrogen) atoms. The first kappa shape index (κ1) is 16.9. The normalized spacial score (nSPS) is 13.8. The van der Waals surface area contributed by atoms with Gasteiger partial charge in [-0.05, 0) is 43.2 Å². The van der Waals surface area contributed by atoms with E-state index in [0.29, 0.717) is 24.9 Å². The molecule has 1 saturated carbocycles. The Morgan fingerprint density at radius 3 is 2.71 bits per heavy atom. The predicted octanol–water partition coefficient (Wildman–Crippen LogP) is 3.83. The average Bonchev–Trinajstić information content (AvgIpc) is 3.35. The van der Waals surface area contributed by atoms with Gasteiger partial charge in [-0.2, -0.15) is 0 Å². The monoisotopic (exact) mass is 345 g/mol. The molecule has 128 valence electrons. The first-order valence-corrected chi connectivity index (χ1v) is 9.54. The van der Waals surface area contributed by atoms with E-state index in [-0.39, 0.29) is 6.03 Å². The molecule has 1 N–H and O–H groups in total. The lowest BCUT2D eigenvalue weighted by Crippen LogP contribution is -2.40. The van der Waals surface area contributed by atoms with Crippen LogP contribution in [0, 0.1) is 0 Å². The van der Waals surface area contributed by atoms with Crippen LogP contribution in [-0.4, -0.2) is 28.4 Å². The molecular weight excluding hydrogens is 322 g/mol. The molecule has 1 aromatic carbocycles. The van der Waals surface area contributed by atoms with E-state index in [1.54, 1.807) is 11.8 Å². The Kier molecular flexibility index (Phi) is 5.45. The Hall–Kier alpha value is -1.95. The SMILES string of the molecule is CCc1cc(CNC(=O)N(Cc2ccc(SC)cc2)C2CC2)on1. The minimum absolute atomic E-state index is 0.0408. The molecule has 1 aromatic heterocycles. The Morgan fingerprint density at radius 2 is 2.12 bits per heavy atom. The second-order valence-electron chi connectivity index (χ2n) is 6.00. The second kappa shape index (κ2) is 7.75. The number of nitrogens with zero attached hydrogens (tertiary/aromatic N) is 2. The lowest BCUT2D eigenvalue weighted by atomic mass is 10.2. The highest BCUT2D eigenvalue weighted by Crippen LogP contribution is 2.28. The summed E-state index contributed by atoms with van der Waals surface area (Å²) in [7, 11) is 0. The van der Waals surface area contributed by atoms with Crippen molar-refractivity contribution < 1.29 is 9.32 Å². The molecule has 0 saturated heterocycles. The van der Waals surface area contributed by atoms with Gasteiger partial charge in [0, 0.05) is 23.5 Å². The molecule has 5 nitrogen and oxygen atoms in total. The summed E-state index contributed by atoms with van der Waals surface area (Å²) in [6, 6.07) is 10.6. The van der Waals surface area contributed by atoms with Crippen LogP contribution in [-0.2, 0) is 19.5 Å². The van der Waals surface area contributed by atoms with Crippen molar-refractivity contribution in [2.45, 2.75) is 50.2 Å². The number of aryl methyl sites for hydroxylation is 1. The lowest BCUT2D eigenvalue weighted by molar-refractivity contribution is 0.190. The van der Waals surface area contributed by atoms with E-state index in [2.05, 4.69) is 41.0 Å². The number of hydrogen-bond acceptors (Lipinski definition) is 4. The highest BCUT2D eigenvalue weighted by atomic mass is 32.2. The van der Waals surface area contributed by atoms with Crippen molar-refractivity contribution in [1.82, 2.24) is 15.4 Å². The number of carbonyl (C=O) groups is 1. The standard InChI is InChI=1S/C18H23N3O2S/c1-3-14-10-16(23-20-14)11-19-18(22)21(15-6-7-15)12-13-4-8-17(24-2)9-5-13/h4-5,8-10,15H,3,6-7,11-12H2,1-2H3,(H,19,22). The van der Waals surface area contributed by atoms with Gasteiger partial charge in [-0.25, -0.2) is 4.79 Å². The molecule has 0 bridgehead atoms. The molecule has 0 atom stereocenters. The molecule has 3 rings (SSSR count). The minimum atomic E-state index is -0.0408. The number of hydrogen-bond donors (Lipinski definition) is 1. The highest BCUT2D eigenvalue weighted by molar-refractivity contribution is 7.98. The molecule has 2 aromatic rings. The van der Waals surface area contributed by atoms with Gasteiger partial charge in [-0.3, -0.25) is 0 Å². The van der Waals surface area contributed by atoms with Gasteiger partial charge in [0.25, 0.3) is 0 Å². The maximum absolute atomic E-state index is 12.6. The molecule has 0 unspecified atom stereocenters. The number of amides is 2. The summed E-state index contributed by atoms with van der Waals surface area (Å²) in [6.07, 6.45) is 5.06. The largest absolute Gasteiger partial charge is 0.359 e. The first-order valence-electron chi connectivity index (χ1n) is 8.31. The predicted molar refractivity (Wildman–Crippen MR) is 94.9 cm³/mol. The molecule has 2 amide bonds. The highest BCUT2D eigenvalue weighted by Gasteiger charge is 2.32. The summed E-state index contributed by atoms with van der Waals surface area (Å²) in [5, 5.41) is 6.90. The van der Waals surface area contributed by atoms with Gasteiger partial charge in [0.2, 0.25) is 0 Å². The molecular formula is C18H23N3O2S. The smallest absolute Gasteiger partial charge is 0.318 e. The molecule has 0 aliphatic heterocycles. The summed E-state index contributed by atoms with van der Waals surface area (Å²) in [5.74, 6) is 0.695. The maximum atomic E-state index is 12.6. The zero-order chi connectivity index (χ0) is 16.9. The quantitative estimate of drug-likeness (QED) is 0.775. The zero-order valence-corrected chi connectivity index (χ0v) is 14.9. The van der Waals surface area contributed by atoms with Crippen molar-refractivity contribution in [2.75, 3.05) is 6.26 Å². The molecule has 0 radical (unpaired) electrons. The fourth-order valence-corrected chi connectivity index (χ4v) is 2.96. The van der Waals surface area contributed by atoms with E-state index in [1.165, 1.54) is 4.90 Å². The minimum Gasteiger partial charge on any atom is -0.359 e. The third kappa shape index (κ3) is 4.32.